The minimum Gasteiger partial charge on any atom is -0.367 e. The van der Waals surface area contributed by atoms with Crippen molar-refractivity contribution >= 4 is 5.82 Å². The minimum atomic E-state index is -0.227. The lowest BCUT2D eigenvalue weighted by Gasteiger charge is -2.08. The summed E-state index contributed by atoms with van der Waals surface area (Å²) in [6.45, 7) is 2.49. The van der Waals surface area contributed by atoms with Crippen LogP contribution in [0, 0.1) is 24.1 Å². The van der Waals surface area contributed by atoms with E-state index in [1.807, 2.05) is 13.0 Å². The number of hydrogen-bond acceptors (Lipinski definition) is 4. The van der Waals surface area contributed by atoms with E-state index in [0.717, 1.165) is 17.5 Å². The maximum atomic E-state index is 13.0. The first-order valence-electron chi connectivity index (χ1n) is 5.91. The Kier molecular flexibility index (Phi) is 4.04. The second-order valence-electron chi connectivity index (χ2n) is 4.15. The molecule has 0 saturated heterocycles. The molecule has 1 aromatic heterocycles. The molecule has 0 unspecified atom stereocenters. The molecule has 0 amide bonds. The van der Waals surface area contributed by atoms with Gasteiger partial charge in [0.1, 0.15) is 11.9 Å². The molecule has 0 aliphatic heterocycles. The van der Waals surface area contributed by atoms with E-state index in [4.69, 9.17) is 5.26 Å². The van der Waals surface area contributed by atoms with Crippen molar-refractivity contribution < 1.29 is 4.39 Å². The van der Waals surface area contributed by atoms with E-state index in [-0.39, 0.29) is 5.82 Å². The highest BCUT2D eigenvalue weighted by molar-refractivity contribution is 5.50. The predicted octanol–water partition coefficient (Wildman–Crippen LogP) is 2.45. The van der Waals surface area contributed by atoms with E-state index < -0.39 is 0 Å². The van der Waals surface area contributed by atoms with Crippen LogP contribution in [-0.4, -0.2) is 16.7 Å². The molecule has 0 atom stereocenters. The maximum Gasteiger partial charge on any atom is 0.166 e. The largest absolute Gasteiger partial charge is 0.367 e. The second kappa shape index (κ2) is 5.91. The summed E-state index contributed by atoms with van der Waals surface area (Å²) < 4.78 is 13.0. The summed E-state index contributed by atoms with van der Waals surface area (Å²) in [5, 5.41) is 19.6. The predicted molar refractivity (Wildman–Crippen MR) is 70.1 cm³/mol. The molecular weight excluding hydrogens is 243 g/mol. The van der Waals surface area contributed by atoms with Crippen LogP contribution in [0.25, 0.3) is 0 Å². The number of rotatable bonds is 4. The van der Waals surface area contributed by atoms with Gasteiger partial charge in [-0.05, 0) is 42.7 Å². The molecule has 96 valence electrons. The van der Waals surface area contributed by atoms with Crippen LogP contribution in [0.5, 0.6) is 0 Å². The van der Waals surface area contributed by atoms with Gasteiger partial charge in [0, 0.05) is 6.54 Å². The van der Waals surface area contributed by atoms with Crippen molar-refractivity contribution in [2.75, 3.05) is 11.9 Å². The Morgan fingerprint density at radius 3 is 2.95 bits per heavy atom. The molecule has 2 aromatic rings. The number of nitrogens with zero attached hydrogens (tertiary/aromatic N) is 3. The van der Waals surface area contributed by atoms with Crippen LogP contribution in [-0.2, 0) is 6.42 Å². The first-order valence-corrected chi connectivity index (χ1v) is 5.91. The second-order valence-corrected chi connectivity index (χ2v) is 4.15. The maximum absolute atomic E-state index is 13.0. The summed E-state index contributed by atoms with van der Waals surface area (Å²) in [5.41, 5.74) is 2.45. The fourth-order valence-corrected chi connectivity index (χ4v) is 1.81. The van der Waals surface area contributed by atoms with Gasteiger partial charge in [0.15, 0.2) is 5.82 Å². The fraction of sp³-hybridized carbons (Fsp3) is 0.214. The average molecular weight is 256 g/mol. The molecule has 0 fully saturated rings. The lowest BCUT2D eigenvalue weighted by molar-refractivity contribution is 0.625. The SMILES string of the molecule is Cc1cc(F)ccc1CCNc1nnccc1C#N. The summed E-state index contributed by atoms with van der Waals surface area (Å²) in [6, 6.07) is 8.39. The number of aromatic nitrogens is 2. The Bertz CT molecular complexity index is 619. The van der Waals surface area contributed by atoms with Crippen LogP contribution >= 0.6 is 0 Å². The lowest BCUT2D eigenvalue weighted by Crippen LogP contribution is -2.09. The van der Waals surface area contributed by atoms with Crippen LogP contribution in [0.1, 0.15) is 16.7 Å². The standard InChI is InChI=1S/C14H13FN4/c1-10-8-13(15)3-2-11(10)4-6-17-14-12(9-16)5-7-18-19-14/h2-3,5,7-8H,4,6H2,1H3,(H,17,19). The van der Waals surface area contributed by atoms with Crippen molar-refractivity contribution in [1.82, 2.24) is 10.2 Å². The lowest BCUT2D eigenvalue weighted by atomic mass is 10.1. The zero-order valence-corrected chi connectivity index (χ0v) is 10.5. The number of benzene rings is 1. The van der Waals surface area contributed by atoms with Crippen LogP contribution in [0.15, 0.2) is 30.5 Å². The normalized spacial score (nSPS) is 9.95. The first kappa shape index (κ1) is 13.0. The average Bonchev–Trinajstić information content (AvgIpc) is 2.42. The first-order chi connectivity index (χ1) is 9.20. The minimum absolute atomic E-state index is 0.227. The van der Waals surface area contributed by atoms with E-state index >= 15 is 0 Å². The molecule has 1 aromatic carbocycles. The summed E-state index contributed by atoms with van der Waals surface area (Å²) in [5.74, 6) is 0.250. The molecule has 0 aliphatic rings. The van der Waals surface area contributed by atoms with E-state index in [2.05, 4.69) is 15.5 Å². The van der Waals surface area contributed by atoms with E-state index in [0.29, 0.717) is 17.9 Å². The fourth-order valence-electron chi connectivity index (χ4n) is 1.81. The van der Waals surface area contributed by atoms with E-state index in [1.54, 1.807) is 12.1 Å². The topological polar surface area (TPSA) is 61.6 Å². The molecule has 0 radical (unpaired) electrons. The van der Waals surface area contributed by atoms with Gasteiger partial charge in [-0.1, -0.05) is 6.07 Å². The Labute approximate surface area is 110 Å². The highest BCUT2D eigenvalue weighted by Gasteiger charge is 2.04. The smallest absolute Gasteiger partial charge is 0.166 e. The molecule has 1 heterocycles. The van der Waals surface area contributed by atoms with Gasteiger partial charge >= 0.3 is 0 Å². The van der Waals surface area contributed by atoms with Crippen LogP contribution in [0.3, 0.4) is 0 Å². The van der Waals surface area contributed by atoms with Crippen molar-refractivity contribution in [3.05, 3.63) is 53.0 Å². The highest BCUT2D eigenvalue weighted by Crippen LogP contribution is 2.12. The summed E-state index contributed by atoms with van der Waals surface area (Å²) in [6.07, 6.45) is 2.21. The zero-order chi connectivity index (χ0) is 13.7. The van der Waals surface area contributed by atoms with Crippen molar-refractivity contribution in [2.24, 2.45) is 0 Å². The number of aryl methyl sites for hydroxylation is 1. The number of nitriles is 1. The van der Waals surface area contributed by atoms with Gasteiger partial charge in [-0.25, -0.2) is 4.39 Å². The van der Waals surface area contributed by atoms with Crippen LogP contribution < -0.4 is 5.32 Å². The number of nitrogens with one attached hydrogen (secondary N) is 1. The molecule has 0 saturated carbocycles. The van der Waals surface area contributed by atoms with Gasteiger partial charge in [-0.2, -0.15) is 10.4 Å². The Morgan fingerprint density at radius 2 is 2.21 bits per heavy atom. The summed E-state index contributed by atoms with van der Waals surface area (Å²) in [4.78, 5) is 0. The third-order valence-electron chi connectivity index (χ3n) is 2.83. The highest BCUT2D eigenvalue weighted by atomic mass is 19.1. The zero-order valence-electron chi connectivity index (χ0n) is 10.5. The van der Waals surface area contributed by atoms with Crippen molar-refractivity contribution in [1.29, 1.82) is 5.26 Å². The Hall–Kier alpha value is -2.48. The van der Waals surface area contributed by atoms with Gasteiger partial charge in [-0.15, -0.1) is 5.10 Å². The molecule has 4 nitrogen and oxygen atoms in total. The van der Waals surface area contributed by atoms with Gasteiger partial charge in [0.2, 0.25) is 0 Å². The van der Waals surface area contributed by atoms with E-state index in [9.17, 15) is 4.39 Å². The summed E-state index contributed by atoms with van der Waals surface area (Å²) in [7, 11) is 0. The quantitative estimate of drug-likeness (QED) is 0.912. The summed E-state index contributed by atoms with van der Waals surface area (Å²) >= 11 is 0. The molecule has 0 aliphatic carbocycles. The molecular formula is C14H13FN4. The molecule has 0 spiro atoms. The molecule has 2 rings (SSSR count). The van der Waals surface area contributed by atoms with Crippen molar-refractivity contribution in [2.45, 2.75) is 13.3 Å². The van der Waals surface area contributed by atoms with Gasteiger partial charge < -0.3 is 5.32 Å². The van der Waals surface area contributed by atoms with Crippen molar-refractivity contribution in [3.8, 4) is 6.07 Å². The van der Waals surface area contributed by atoms with Crippen LogP contribution in [0.2, 0.25) is 0 Å². The van der Waals surface area contributed by atoms with Crippen LogP contribution in [0.4, 0.5) is 10.2 Å². The third kappa shape index (κ3) is 3.26. The molecule has 19 heavy (non-hydrogen) atoms. The number of halogens is 1. The third-order valence-corrected chi connectivity index (χ3v) is 2.83. The van der Waals surface area contributed by atoms with E-state index in [1.165, 1.54) is 18.3 Å². The number of anilines is 1. The van der Waals surface area contributed by atoms with Gasteiger partial charge in [-0.3, -0.25) is 0 Å². The van der Waals surface area contributed by atoms with Crippen molar-refractivity contribution in [3.63, 3.8) is 0 Å². The Balaban J connectivity index is 1.99. The Morgan fingerprint density at radius 1 is 1.37 bits per heavy atom. The molecule has 1 N–H and O–H groups in total. The monoisotopic (exact) mass is 256 g/mol. The molecule has 0 bridgehead atoms. The van der Waals surface area contributed by atoms with Gasteiger partial charge in [0.05, 0.1) is 11.8 Å². The van der Waals surface area contributed by atoms with Gasteiger partial charge in [0.25, 0.3) is 0 Å². The molecule has 5 heteroatoms. The number of hydrogen-bond donors (Lipinski definition) is 1.